The maximum absolute atomic E-state index is 12.5. The summed E-state index contributed by atoms with van der Waals surface area (Å²) in [5.74, 6) is 0.413. The van der Waals surface area contributed by atoms with E-state index in [-0.39, 0.29) is 5.91 Å². The molecule has 208 valence electrons. The summed E-state index contributed by atoms with van der Waals surface area (Å²) in [5.41, 5.74) is 3.18. The van der Waals surface area contributed by atoms with E-state index in [4.69, 9.17) is 16.6 Å². The summed E-state index contributed by atoms with van der Waals surface area (Å²) in [7, 11) is 0. The van der Waals surface area contributed by atoms with Crippen LogP contribution in [-0.4, -0.2) is 69.8 Å². The van der Waals surface area contributed by atoms with Gasteiger partial charge in [0.15, 0.2) is 5.65 Å². The summed E-state index contributed by atoms with van der Waals surface area (Å²) in [4.78, 5) is 21.9. The number of anilines is 3. The fourth-order valence-corrected chi connectivity index (χ4v) is 5.75. The van der Waals surface area contributed by atoms with Gasteiger partial charge in [-0.2, -0.15) is 4.98 Å². The van der Waals surface area contributed by atoms with Gasteiger partial charge >= 0.3 is 0 Å². The van der Waals surface area contributed by atoms with Gasteiger partial charge in [-0.3, -0.25) is 4.79 Å². The van der Waals surface area contributed by atoms with Crippen molar-refractivity contribution in [2.24, 2.45) is 0 Å². The lowest BCUT2D eigenvalue weighted by molar-refractivity contribution is 0.0118. The third kappa shape index (κ3) is 5.77. The van der Waals surface area contributed by atoms with Gasteiger partial charge in [0.1, 0.15) is 0 Å². The molecule has 40 heavy (non-hydrogen) atoms. The molecule has 10 heteroatoms. The van der Waals surface area contributed by atoms with Crippen molar-refractivity contribution in [2.75, 3.05) is 49.5 Å². The lowest BCUT2D eigenvalue weighted by Crippen LogP contribution is -2.42. The van der Waals surface area contributed by atoms with E-state index in [1.807, 2.05) is 66.9 Å². The minimum atomic E-state index is -0.872. The molecule has 4 heterocycles. The van der Waals surface area contributed by atoms with Gasteiger partial charge in [-0.15, -0.1) is 5.10 Å². The van der Waals surface area contributed by atoms with Crippen LogP contribution < -0.4 is 15.5 Å². The number of hydrogen-bond donors (Lipinski definition) is 3. The fraction of sp³-hybridized carbons (Fsp3) is 0.367. The molecule has 3 N–H and O–H groups in total. The van der Waals surface area contributed by atoms with Crippen molar-refractivity contribution in [2.45, 2.75) is 31.3 Å². The van der Waals surface area contributed by atoms with E-state index in [1.165, 1.54) is 12.8 Å². The number of aromatic nitrogens is 3. The molecule has 0 unspecified atom stereocenters. The first-order valence-corrected chi connectivity index (χ1v) is 14.3. The molecule has 2 saturated heterocycles. The number of nitrogens with zero attached hydrogens (tertiary/aromatic N) is 5. The maximum Gasteiger partial charge on any atom is 0.251 e. The Bertz CT molecular complexity index is 1460. The molecule has 0 spiro atoms. The highest BCUT2D eigenvalue weighted by atomic mass is 35.5. The summed E-state index contributed by atoms with van der Waals surface area (Å²) in [6, 6.07) is 18.8. The van der Waals surface area contributed by atoms with Gasteiger partial charge in [-0.1, -0.05) is 23.7 Å². The second-order valence-corrected chi connectivity index (χ2v) is 11.1. The molecular formula is C30H34ClN7O2. The van der Waals surface area contributed by atoms with Crippen molar-refractivity contribution < 1.29 is 9.90 Å². The van der Waals surface area contributed by atoms with E-state index in [1.54, 1.807) is 4.52 Å². The van der Waals surface area contributed by atoms with Crippen LogP contribution in [-0.2, 0) is 5.60 Å². The lowest BCUT2D eigenvalue weighted by atomic mass is 9.84. The minimum absolute atomic E-state index is 0.0641. The SMILES string of the molecule is O=C(NCCN1CCCC1)c1ccc(Nc2nc3c(N4CCC(O)(c5ccc(Cl)cc5)CC4)cccn3n2)cc1. The van der Waals surface area contributed by atoms with Crippen molar-refractivity contribution >= 4 is 40.5 Å². The Morgan fingerprint density at radius 2 is 1.70 bits per heavy atom. The predicted molar refractivity (Wildman–Crippen MR) is 158 cm³/mol. The number of fused-ring (bicyclic) bond motifs is 1. The molecule has 2 aromatic heterocycles. The Morgan fingerprint density at radius 3 is 2.42 bits per heavy atom. The third-order valence-corrected chi connectivity index (χ3v) is 8.22. The number of amides is 1. The van der Waals surface area contributed by atoms with E-state index < -0.39 is 5.60 Å². The number of rotatable bonds is 8. The van der Waals surface area contributed by atoms with Crippen molar-refractivity contribution in [3.63, 3.8) is 0 Å². The molecule has 4 aromatic rings. The predicted octanol–water partition coefficient (Wildman–Crippen LogP) is 4.44. The molecule has 2 aromatic carbocycles. The molecule has 0 aliphatic carbocycles. The topological polar surface area (TPSA) is 98.0 Å². The van der Waals surface area contributed by atoms with E-state index in [0.29, 0.717) is 49.0 Å². The number of carbonyl (C=O) groups excluding carboxylic acids is 1. The highest BCUT2D eigenvalue weighted by Crippen LogP contribution is 2.36. The van der Waals surface area contributed by atoms with Crippen LogP contribution in [0.2, 0.25) is 5.02 Å². The Kier molecular flexibility index (Phi) is 7.60. The molecule has 1 amide bonds. The first kappa shape index (κ1) is 26.6. The first-order valence-electron chi connectivity index (χ1n) is 13.9. The number of hydrogen-bond acceptors (Lipinski definition) is 7. The number of nitrogens with one attached hydrogen (secondary N) is 2. The zero-order valence-corrected chi connectivity index (χ0v) is 23.1. The van der Waals surface area contributed by atoms with Crippen LogP contribution >= 0.6 is 11.6 Å². The first-order chi connectivity index (χ1) is 19.5. The normalized spacial score (nSPS) is 17.3. The van der Waals surface area contributed by atoms with Gasteiger partial charge in [-0.25, -0.2) is 4.52 Å². The number of carbonyl (C=O) groups is 1. The van der Waals surface area contributed by atoms with Crippen LogP contribution in [0.25, 0.3) is 5.65 Å². The number of halogens is 1. The zero-order chi connectivity index (χ0) is 27.5. The maximum atomic E-state index is 12.5. The van der Waals surface area contributed by atoms with Crippen LogP contribution in [0.15, 0.2) is 66.9 Å². The Labute approximate surface area is 238 Å². The van der Waals surface area contributed by atoms with Crippen molar-refractivity contribution in [1.29, 1.82) is 0 Å². The molecule has 9 nitrogen and oxygen atoms in total. The highest BCUT2D eigenvalue weighted by molar-refractivity contribution is 6.30. The number of piperidine rings is 1. The van der Waals surface area contributed by atoms with Gasteiger partial charge in [0.25, 0.3) is 5.91 Å². The molecule has 6 rings (SSSR count). The average Bonchev–Trinajstić information content (AvgIpc) is 3.64. The van der Waals surface area contributed by atoms with Gasteiger partial charge in [0.2, 0.25) is 5.95 Å². The van der Waals surface area contributed by atoms with Crippen LogP contribution in [0.1, 0.15) is 41.6 Å². The molecule has 0 saturated carbocycles. The van der Waals surface area contributed by atoms with Crippen LogP contribution in [0.5, 0.6) is 0 Å². The quantitative estimate of drug-likeness (QED) is 0.293. The number of benzene rings is 2. The summed E-state index contributed by atoms with van der Waals surface area (Å²) < 4.78 is 1.76. The third-order valence-electron chi connectivity index (χ3n) is 7.97. The number of likely N-dealkylation sites (tertiary alicyclic amines) is 1. The lowest BCUT2D eigenvalue weighted by Gasteiger charge is -2.39. The number of pyridine rings is 1. The van der Waals surface area contributed by atoms with E-state index in [0.717, 1.165) is 42.2 Å². The number of aliphatic hydroxyl groups is 1. The Morgan fingerprint density at radius 1 is 0.975 bits per heavy atom. The molecule has 2 fully saturated rings. The second-order valence-electron chi connectivity index (χ2n) is 10.6. The van der Waals surface area contributed by atoms with Crippen molar-refractivity contribution in [3.05, 3.63) is 83.0 Å². The summed E-state index contributed by atoms with van der Waals surface area (Å²) in [5, 5.41) is 22.8. The molecule has 0 atom stereocenters. The average molecular weight is 560 g/mol. The van der Waals surface area contributed by atoms with Gasteiger partial charge in [-0.05, 0) is 92.9 Å². The van der Waals surface area contributed by atoms with Crippen molar-refractivity contribution in [1.82, 2.24) is 24.8 Å². The monoisotopic (exact) mass is 559 g/mol. The van der Waals surface area contributed by atoms with Gasteiger partial charge < -0.3 is 25.5 Å². The smallest absolute Gasteiger partial charge is 0.251 e. The molecule has 0 bridgehead atoms. The minimum Gasteiger partial charge on any atom is -0.385 e. The Hall–Kier alpha value is -3.66. The van der Waals surface area contributed by atoms with E-state index in [2.05, 4.69) is 25.5 Å². The van der Waals surface area contributed by atoms with Crippen LogP contribution in [0, 0.1) is 0 Å². The van der Waals surface area contributed by atoms with Crippen LogP contribution in [0.4, 0.5) is 17.3 Å². The van der Waals surface area contributed by atoms with E-state index >= 15 is 0 Å². The molecule has 0 radical (unpaired) electrons. The standard InChI is InChI=1S/C30H34ClN7O2/c31-24-9-7-23(8-10-24)30(40)13-19-37(20-14-30)26-4-3-18-38-27(26)34-29(35-38)33-25-11-5-22(6-12-25)28(39)32-15-21-36-16-1-2-17-36/h3-12,18,40H,1-2,13-17,19-21H2,(H,32,39)(H,33,35). The Balaban J connectivity index is 1.09. The molecule has 2 aliphatic heterocycles. The second kappa shape index (κ2) is 11.4. The van der Waals surface area contributed by atoms with Crippen molar-refractivity contribution in [3.8, 4) is 0 Å². The highest BCUT2D eigenvalue weighted by Gasteiger charge is 2.34. The zero-order valence-electron chi connectivity index (χ0n) is 22.4. The largest absolute Gasteiger partial charge is 0.385 e. The molecule has 2 aliphatic rings. The summed E-state index contributed by atoms with van der Waals surface area (Å²) in [6.45, 7) is 5.18. The van der Waals surface area contributed by atoms with Gasteiger partial charge in [0.05, 0.1) is 11.3 Å². The fourth-order valence-electron chi connectivity index (χ4n) is 5.63. The summed E-state index contributed by atoms with van der Waals surface area (Å²) >= 11 is 6.03. The van der Waals surface area contributed by atoms with Crippen LogP contribution in [0.3, 0.4) is 0 Å². The summed E-state index contributed by atoms with van der Waals surface area (Å²) in [6.07, 6.45) is 5.58. The van der Waals surface area contributed by atoms with Gasteiger partial charge in [0, 0.05) is 48.6 Å². The molecular weight excluding hydrogens is 526 g/mol. The van der Waals surface area contributed by atoms with E-state index in [9.17, 15) is 9.90 Å².